The van der Waals surface area contributed by atoms with Crippen molar-refractivity contribution in [3.63, 3.8) is 0 Å². The summed E-state index contributed by atoms with van der Waals surface area (Å²) in [6.07, 6.45) is 3.49. The molecule has 0 aromatic carbocycles. The number of pyridine rings is 1. The lowest BCUT2D eigenvalue weighted by Gasteiger charge is -2.05. The van der Waals surface area contributed by atoms with Crippen molar-refractivity contribution in [3.8, 4) is 0 Å². The van der Waals surface area contributed by atoms with Gasteiger partial charge >= 0.3 is 0 Å². The number of hydrogen-bond donors (Lipinski definition) is 2. The first-order valence-electron chi connectivity index (χ1n) is 5.72. The fourth-order valence-corrected chi connectivity index (χ4v) is 2.03. The van der Waals surface area contributed by atoms with E-state index in [0.717, 1.165) is 11.3 Å². The number of carbonyl (C=O) groups excluding carboxylic acids is 2. The first-order chi connectivity index (χ1) is 8.72. The van der Waals surface area contributed by atoms with Crippen LogP contribution in [0, 0.1) is 0 Å². The van der Waals surface area contributed by atoms with Crippen molar-refractivity contribution in [1.29, 1.82) is 0 Å². The molecule has 1 aromatic heterocycles. The highest BCUT2D eigenvalue weighted by Gasteiger charge is 2.04. The maximum absolute atomic E-state index is 11.4. The van der Waals surface area contributed by atoms with Crippen molar-refractivity contribution in [2.24, 2.45) is 0 Å². The van der Waals surface area contributed by atoms with E-state index in [2.05, 4.69) is 15.6 Å². The number of thioether (sulfide) groups is 1. The van der Waals surface area contributed by atoms with Gasteiger partial charge in [0.2, 0.25) is 11.8 Å². The van der Waals surface area contributed by atoms with Crippen LogP contribution in [-0.4, -0.2) is 35.6 Å². The Balaban J connectivity index is 2.12. The second kappa shape index (κ2) is 8.52. The Kier molecular flexibility index (Phi) is 6.86. The molecule has 0 fully saturated rings. The van der Waals surface area contributed by atoms with Gasteiger partial charge in [-0.05, 0) is 18.6 Å². The molecule has 0 aliphatic heterocycles. The zero-order chi connectivity index (χ0) is 13.2. The molecule has 0 saturated heterocycles. The van der Waals surface area contributed by atoms with Crippen LogP contribution in [0.1, 0.15) is 12.5 Å². The molecule has 0 saturated carbocycles. The predicted molar refractivity (Wildman–Crippen MR) is 72.1 cm³/mol. The standard InChI is InChI=1S/C12H17N3O2S/c1-2-14-11(16)7-15-12(17)9-18-8-10-4-3-5-13-6-10/h3-6H,2,7-9H2,1H3,(H,14,16)(H,15,17). The topological polar surface area (TPSA) is 71.1 Å². The average Bonchev–Trinajstić information content (AvgIpc) is 2.38. The highest BCUT2D eigenvalue weighted by molar-refractivity contribution is 7.99. The number of carbonyl (C=O) groups is 2. The van der Waals surface area contributed by atoms with E-state index >= 15 is 0 Å². The number of hydrogen-bond acceptors (Lipinski definition) is 4. The summed E-state index contributed by atoms with van der Waals surface area (Å²) in [5.41, 5.74) is 1.08. The second-order valence-corrected chi connectivity index (χ2v) is 4.57. The average molecular weight is 267 g/mol. The van der Waals surface area contributed by atoms with Crippen LogP contribution >= 0.6 is 11.8 Å². The first kappa shape index (κ1) is 14.5. The van der Waals surface area contributed by atoms with Crippen LogP contribution in [0.15, 0.2) is 24.5 Å². The van der Waals surface area contributed by atoms with Gasteiger partial charge in [-0.3, -0.25) is 14.6 Å². The summed E-state index contributed by atoms with van der Waals surface area (Å²) < 4.78 is 0. The SMILES string of the molecule is CCNC(=O)CNC(=O)CSCc1cccnc1. The van der Waals surface area contributed by atoms with Crippen LogP contribution in [-0.2, 0) is 15.3 Å². The first-order valence-corrected chi connectivity index (χ1v) is 6.88. The van der Waals surface area contributed by atoms with E-state index in [1.807, 2.05) is 19.1 Å². The van der Waals surface area contributed by atoms with Gasteiger partial charge in [0.25, 0.3) is 0 Å². The molecule has 1 heterocycles. The maximum atomic E-state index is 11.4. The fraction of sp³-hybridized carbons (Fsp3) is 0.417. The third-order valence-corrected chi connectivity index (χ3v) is 3.05. The third kappa shape index (κ3) is 6.24. The lowest BCUT2D eigenvalue weighted by atomic mass is 10.3. The number of amides is 2. The Morgan fingerprint density at radius 1 is 1.33 bits per heavy atom. The largest absolute Gasteiger partial charge is 0.355 e. The number of likely N-dealkylation sites (N-methyl/N-ethyl adjacent to an activating group) is 1. The molecule has 0 spiro atoms. The van der Waals surface area contributed by atoms with Crippen molar-refractivity contribution in [1.82, 2.24) is 15.6 Å². The van der Waals surface area contributed by atoms with Crippen molar-refractivity contribution < 1.29 is 9.59 Å². The van der Waals surface area contributed by atoms with E-state index < -0.39 is 0 Å². The van der Waals surface area contributed by atoms with Crippen molar-refractivity contribution in [3.05, 3.63) is 30.1 Å². The Labute approximate surface area is 111 Å². The summed E-state index contributed by atoms with van der Waals surface area (Å²) in [6.45, 7) is 2.45. The molecule has 0 unspecified atom stereocenters. The van der Waals surface area contributed by atoms with Crippen LogP contribution in [0.2, 0.25) is 0 Å². The van der Waals surface area contributed by atoms with Gasteiger partial charge in [-0.1, -0.05) is 6.07 Å². The minimum atomic E-state index is -0.164. The predicted octanol–water partition coefficient (Wildman–Crippen LogP) is 0.567. The van der Waals surface area contributed by atoms with Gasteiger partial charge in [0, 0.05) is 24.7 Å². The zero-order valence-corrected chi connectivity index (χ0v) is 11.1. The quantitative estimate of drug-likeness (QED) is 0.757. The summed E-state index contributed by atoms with van der Waals surface area (Å²) >= 11 is 1.50. The molecule has 0 radical (unpaired) electrons. The van der Waals surface area contributed by atoms with Crippen molar-refractivity contribution >= 4 is 23.6 Å². The number of nitrogens with one attached hydrogen (secondary N) is 2. The minimum Gasteiger partial charge on any atom is -0.355 e. The van der Waals surface area contributed by atoms with Gasteiger partial charge in [-0.2, -0.15) is 0 Å². The highest BCUT2D eigenvalue weighted by atomic mass is 32.2. The maximum Gasteiger partial charge on any atom is 0.239 e. The van der Waals surface area contributed by atoms with Crippen LogP contribution in [0.4, 0.5) is 0 Å². The molecule has 2 N–H and O–H groups in total. The van der Waals surface area contributed by atoms with E-state index in [-0.39, 0.29) is 18.4 Å². The van der Waals surface area contributed by atoms with E-state index in [9.17, 15) is 9.59 Å². The molecule has 1 aromatic rings. The molecule has 2 amide bonds. The van der Waals surface area contributed by atoms with E-state index in [4.69, 9.17) is 0 Å². The smallest absolute Gasteiger partial charge is 0.239 e. The van der Waals surface area contributed by atoms with Gasteiger partial charge in [0.1, 0.15) is 0 Å². The molecule has 5 nitrogen and oxygen atoms in total. The van der Waals surface area contributed by atoms with Crippen molar-refractivity contribution in [2.45, 2.75) is 12.7 Å². The van der Waals surface area contributed by atoms with E-state index in [1.165, 1.54) is 11.8 Å². The summed E-state index contributed by atoms with van der Waals surface area (Å²) in [6, 6.07) is 3.83. The summed E-state index contributed by atoms with van der Waals surface area (Å²) in [7, 11) is 0. The third-order valence-electron chi connectivity index (χ3n) is 2.04. The Morgan fingerprint density at radius 3 is 2.83 bits per heavy atom. The van der Waals surface area contributed by atoms with E-state index in [0.29, 0.717) is 12.3 Å². The molecule has 0 aliphatic rings. The van der Waals surface area contributed by atoms with Gasteiger partial charge in [0.05, 0.1) is 12.3 Å². The zero-order valence-electron chi connectivity index (χ0n) is 10.3. The monoisotopic (exact) mass is 267 g/mol. The van der Waals surface area contributed by atoms with Crippen LogP contribution < -0.4 is 10.6 Å². The fourth-order valence-electron chi connectivity index (χ4n) is 1.23. The molecular weight excluding hydrogens is 250 g/mol. The Hall–Kier alpha value is -1.56. The molecule has 0 atom stereocenters. The van der Waals surface area contributed by atoms with Gasteiger partial charge in [-0.15, -0.1) is 11.8 Å². The number of rotatable bonds is 7. The minimum absolute atomic E-state index is 0.0418. The van der Waals surface area contributed by atoms with Crippen LogP contribution in [0.3, 0.4) is 0 Å². The Morgan fingerprint density at radius 2 is 2.17 bits per heavy atom. The van der Waals surface area contributed by atoms with E-state index in [1.54, 1.807) is 12.4 Å². The number of nitrogens with zero attached hydrogens (tertiary/aromatic N) is 1. The molecule has 0 aliphatic carbocycles. The lowest BCUT2D eigenvalue weighted by molar-refractivity contribution is -0.124. The summed E-state index contributed by atoms with van der Waals surface area (Å²) in [5.74, 6) is 0.787. The molecule has 98 valence electrons. The van der Waals surface area contributed by atoms with Gasteiger partial charge in [-0.25, -0.2) is 0 Å². The molecule has 18 heavy (non-hydrogen) atoms. The lowest BCUT2D eigenvalue weighted by Crippen LogP contribution is -2.37. The highest BCUT2D eigenvalue weighted by Crippen LogP contribution is 2.09. The molecular formula is C12H17N3O2S. The Bertz CT molecular complexity index is 384. The molecule has 6 heteroatoms. The van der Waals surface area contributed by atoms with Crippen LogP contribution in [0.25, 0.3) is 0 Å². The normalized spacial score (nSPS) is 9.83. The summed E-state index contributed by atoms with van der Waals surface area (Å²) in [4.78, 5) is 26.5. The van der Waals surface area contributed by atoms with Gasteiger partial charge in [0.15, 0.2) is 0 Å². The van der Waals surface area contributed by atoms with Crippen molar-refractivity contribution in [2.75, 3.05) is 18.8 Å². The van der Waals surface area contributed by atoms with Crippen LogP contribution in [0.5, 0.6) is 0 Å². The molecule has 1 rings (SSSR count). The van der Waals surface area contributed by atoms with Gasteiger partial charge < -0.3 is 10.6 Å². The molecule has 0 bridgehead atoms. The number of aromatic nitrogens is 1. The second-order valence-electron chi connectivity index (χ2n) is 3.58. The summed E-state index contributed by atoms with van der Waals surface area (Å²) in [5, 5.41) is 5.18.